The Balaban J connectivity index is 2.75. The van der Waals surface area contributed by atoms with Gasteiger partial charge in [0.1, 0.15) is 0 Å². The first-order valence-corrected chi connectivity index (χ1v) is 4.81. The highest BCUT2D eigenvalue weighted by Gasteiger charge is 2.10. The average Bonchev–Trinajstić information content (AvgIpc) is 2.30. The van der Waals surface area contributed by atoms with Crippen LogP contribution in [0, 0.1) is 0 Å². The van der Waals surface area contributed by atoms with Crippen LogP contribution in [-0.2, 0) is 0 Å². The molecule has 0 aliphatic carbocycles. The van der Waals surface area contributed by atoms with E-state index in [9.17, 15) is 14.4 Å². The van der Waals surface area contributed by atoms with Crippen LogP contribution in [0.3, 0.4) is 0 Å². The van der Waals surface area contributed by atoms with Crippen LogP contribution in [0.4, 0.5) is 4.79 Å². The minimum atomic E-state index is -1.09. The summed E-state index contributed by atoms with van der Waals surface area (Å²) in [4.78, 5) is 34.2. The molecule has 0 spiro atoms. The molecule has 6 nitrogen and oxygen atoms in total. The topological polar surface area (TPSA) is 87.1 Å². The van der Waals surface area contributed by atoms with E-state index in [2.05, 4.69) is 0 Å². The minimum absolute atomic E-state index is 0.382. The zero-order chi connectivity index (χ0) is 12.4. The Bertz CT molecular complexity index is 670. The van der Waals surface area contributed by atoms with Crippen LogP contribution < -0.4 is 17.0 Å². The Kier molecular flexibility index (Phi) is 2.61. The van der Waals surface area contributed by atoms with Crippen LogP contribution in [0.25, 0.3) is 5.69 Å². The van der Waals surface area contributed by atoms with Crippen LogP contribution in [0.5, 0.6) is 0 Å². The number of nitrogens with two attached hydrogens (primary N) is 1. The number of aromatic nitrogens is 2. The predicted octanol–water partition coefficient (Wildman–Crippen LogP) is -0.0740. The van der Waals surface area contributed by atoms with Gasteiger partial charge in [-0.2, -0.15) is 4.57 Å². The second-order valence-corrected chi connectivity index (χ2v) is 3.32. The zero-order valence-electron chi connectivity index (χ0n) is 8.74. The maximum Gasteiger partial charge on any atom is 0.343 e. The first kappa shape index (κ1) is 10.9. The van der Waals surface area contributed by atoms with Crippen molar-refractivity contribution in [1.82, 2.24) is 9.13 Å². The van der Waals surface area contributed by atoms with E-state index in [4.69, 9.17) is 5.73 Å². The zero-order valence-corrected chi connectivity index (χ0v) is 8.74. The summed E-state index contributed by atoms with van der Waals surface area (Å²) in [7, 11) is 0. The summed E-state index contributed by atoms with van der Waals surface area (Å²) in [5, 5.41) is 0. The molecule has 0 unspecified atom stereocenters. The molecule has 86 valence electrons. The van der Waals surface area contributed by atoms with E-state index in [1.807, 2.05) is 0 Å². The van der Waals surface area contributed by atoms with Gasteiger partial charge in [-0.15, -0.1) is 0 Å². The summed E-state index contributed by atoms with van der Waals surface area (Å²) in [6.07, 6.45) is 1.30. The first-order chi connectivity index (χ1) is 8.11. The van der Waals surface area contributed by atoms with Crippen molar-refractivity contribution in [1.29, 1.82) is 0 Å². The monoisotopic (exact) mass is 231 g/mol. The number of primary amides is 1. The number of para-hydroxylation sites is 1. The fraction of sp³-hybridized carbons (Fsp3) is 0. The van der Waals surface area contributed by atoms with Crippen molar-refractivity contribution >= 4 is 6.03 Å². The van der Waals surface area contributed by atoms with Crippen molar-refractivity contribution in [3.05, 3.63) is 63.4 Å². The summed E-state index contributed by atoms with van der Waals surface area (Å²) in [5.74, 6) is 0. The van der Waals surface area contributed by atoms with Gasteiger partial charge in [-0.05, 0) is 12.1 Å². The molecule has 6 heteroatoms. The van der Waals surface area contributed by atoms with Crippen molar-refractivity contribution in [3.63, 3.8) is 0 Å². The van der Waals surface area contributed by atoms with E-state index in [0.29, 0.717) is 10.3 Å². The van der Waals surface area contributed by atoms with Gasteiger partial charge >= 0.3 is 11.7 Å². The van der Waals surface area contributed by atoms with Gasteiger partial charge in [0.15, 0.2) is 0 Å². The lowest BCUT2D eigenvalue weighted by Gasteiger charge is -2.06. The molecule has 0 aliphatic rings. The quantitative estimate of drug-likeness (QED) is 0.745. The Morgan fingerprint density at radius 1 is 1.06 bits per heavy atom. The smallest absolute Gasteiger partial charge is 0.343 e. The van der Waals surface area contributed by atoms with Gasteiger partial charge in [0, 0.05) is 12.3 Å². The van der Waals surface area contributed by atoms with Gasteiger partial charge in [0.2, 0.25) is 0 Å². The number of nitrogens with zero attached hydrogens (tertiary/aromatic N) is 2. The maximum atomic E-state index is 11.9. The van der Waals surface area contributed by atoms with Crippen LogP contribution >= 0.6 is 0 Å². The van der Waals surface area contributed by atoms with Crippen LogP contribution in [0.15, 0.2) is 52.2 Å². The molecule has 0 fully saturated rings. The number of hydrogen-bond donors (Lipinski definition) is 1. The Hall–Kier alpha value is -2.63. The average molecular weight is 231 g/mol. The number of carbonyl (C=O) groups is 1. The molecule has 17 heavy (non-hydrogen) atoms. The molecular weight excluding hydrogens is 222 g/mol. The van der Waals surface area contributed by atoms with Crippen molar-refractivity contribution < 1.29 is 4.79 Å². The van der Waals surface area contributed by atoms with E-state index in [0.717, 1.165) is 6.07 Å². The normalized spacial score (nSPS) is 10.1. The van der Waals surface area contributed by atoms with E-state index in [1.54, 1.807) is 30.3 Å². The third-order valence-electron chi connectivity index (χ3n) is 2.24. The molecule has 0 atom stereocenters. The van der Waals surface area contributed by atoms with E-state index >= 15 is 0 Å². The number of benzene rings is 1. The first-order valence-electron chi connectivity index (χ1n) is 4.81. The van der Waals surface area contributed by atoms with Gasteiger partial charge in [0.05, 0.1) is 5.69 Å². The Morgan fingerprint density at radius 2 is 1.71 bits per heavy atom. The summed E-state index contributed by atoms with van der Waals surface area (Å²) in [6, 6.07) is 8.64. The lowest BCUT2D eigenvalue weighted by molar-refractivity contribution is 0.248. The third-order valence-corrected chi connectivity index (χ3v) is 2.24. The molecule has 0 saturated heterocycles. The van der Waals surface area contributed by atoms with Crippen LogP contribution in [0.2, 0.25) is 0 Å². The van der Waals surface area contributed by atoms with Crippen molar-refractivity contribution in [2.24, 2.45) is 5.73 Å². The highest BCUT2D eigenvalue weighted by Crippen LogP contribution is 2.01. The number of rotatable bonds is 1. The maximum absolute atomic E-state index is 11.9. The highest BCUT2D eigenvalue weighted by atomic mass is 16.2. The second kappa shape index (κ2) is 4.09. The third kappa shape index (κ3) is 1.87. The lowest BCUT2D eigenvalue weighted by Crippen LogP contribution is -2.44. The number of carbonyl (C=O) groups excluding carboxylic acids is 1. The number of amides is 1. The van der Waals surface area contributed by atoms with Crippen LogP contribution in [0.1, 0.15) is 0 Å². The minimum Gasteiger partial charge on any atom is -0.351 e. The molecule has 2 N–H and O–H groups in total. The molecule has 0 bridgehead atoms. The molecule has 2 aromatic rings. The van der Waals surface area contributed by atoms with Crippen molar-refractivity contribution in [2.45, 2.75) is 0 Å². The SMILES string of the molecule is NC(=O)n1c(=O)ccn(-c2ccccc2)c1=O. The van der Waals surface area contributed by atoms with Crippen LogP contribution in [-0.4, -0.2) is 15.2 Å². The second-order valence-electron chi connectivity index (χ2n) is 3.32. The van der Waals surface area contributed by atoms with E-state index in [1.165, 1.54) is 10.8 Å². The summed E-state index contributed by atoms with van der Waals surface area (Å²) in [6.45, 7) is 0. The molecule has 1 aromatic carbocycles. The predicted molar refractivity (Wildman–Crippen MR) is 61.3 cm³/mol. The molecule has 1 aromatic heterocycles. The lowest BCUT2D eigenvalue weighted by atomic mass is 10.3. The highest BCUT2D eigenvalue weighted by molar-refractivity contribution is 5.74. The standard InChI is InChI=1S/C11H9N3O3/c12-10(16)14-9(15)6-7-13(11(14)17)8-4-2-1-3-5-8/h1-7H,(H2,12,16). The fourth-order valence-corrected chi connectivity index (χ4v) is 1.47. The largest absolute Gasteiger partial charge is 0.351 e. The molecule has 0 radical (unpaired) electrons. The van der Waals surface area contributed by atoms with E-state index in [-0.39, 0.29) is 0 Å². The molecule has 1 heterocycles. The molecule has 2 rings (SSSR count). The van der Waals surface area contributed by atoms with Gasteiger partial charge in [-0.25, -0.2) is 9.59 Å². The van der Waals surface area contributed by atoms with Gasteiger partial charge in [-0.3, -0.25) is 9.36 Å². The van der Waals surface area contributed by atoms with Gasteiger partial charge < -0.3 is 5.73 Å². The van der Waals surface area contributed by atoms with E-state index < -0.39 is 17.3 Å². The molecule has 0 aliphatic heterocycles. The Morgan fingerprint density at radius 3 is 2.29 bits per heavy atom. The summed E-state index contributed by atoms with van der Waals surface area (Å²) < 4.78 is 1.55. The summed E-state index contributed by atoms with van der Waals surface area (Å²) >= 11 is 0. The number of hydrogen-bond acceptors (Lipinski definition) is 3. The van der Waals surface area contributed by atoms with Crippen molar-refractivity contribution in [3.8, 4) is 5.69 Å². The van der Waals surface area contributed by atoms with Gasteiger partial charge in [-0.1, -0.05) is 18.2 Å². The summed E-state index contributed by atoms with van der Waals surface area (Å²) in [5.41, 5.74) is 4.00. The molecular formula is C11H9N3O3. The Labute approximate surface area is 95.5 Å². The molecule has 1 amide bonds. The van der Waals surface area contributed by atoms with Gasteiger partial charge in [0.25, 0.3) is 5.56 Å². The molecule has 0 saturated carbocycles. The fourth-order valence-electron chi connectivity index (χ4n) is 1.47. The van der Waals surface area contributed by atoms with Crippen molar-refractivity contribution in [2.75, 3.05) is 0 Å².